The quantitative estimate of drug-likeness (QED) is 0.759. The summed E-state index contributed by atoms with van der Waals surface area (Å²) in [6.07, 6.45) is 3.79. The van der Waals surface area contributed by atoms with Crippen molar-refractivity contribution < 1.29 is 14.3 Å². The maximum Gasteiger partial charge on any atom is 0.274 e. The van der Waals surface area contributed by atoms with Crippen molar-refractivity contribution in [2.24, 2.45) is 0 Å². The van der Waals surface area contributed by atoms with E-state index in [1.54, 1.807) is 24.3 Å². The van der Waals surface area contributed by atoms with E-state index >= 15 is 0 Å². The largest absolute Gasteiger partial charge is 0.497 e. The minimum atomic E-state index is -0.534. The first-order valence-corrected chi connectivity index (χ1v) is 9.33. The Morgan fingerprint density at radius 1 is 1.07 bits per heavy atom. The Bertz CT molecular complexity index is 863. The molecule has 6 nitrogen and oxygen atoms in total. The zero-order chi connectivity index (χ0) is 19.0. The minimum absolute atomic E-state index is 0.0135. The van der Waals surface area contributed by atoms with E-state index in [0.29, 0.717) is 23.8 Å². The number of halogens is 1. The van der Waals surface area contributed by atoms with Crippen molar-refractivity contribution in [1.29, 1.82) is 0 Å². The van der Waals surface area contributed by atoms with Gasteiger partial charge in [-0.25, -0.2) is 9.99 Å². The number of hydrogen-bond donors (Lipinski definition) is 0. The van der Waals surface area contributed by atoms with Crippen LogP contribution in [-0.2, 0) is 10.2 Å². The van der Waals surface area contributed by atoms with Gasteiger partial charge < -0.3 is 4.74 Å². The lowest BCUT2D eigenvalue weighted by molar-refractivity contribution is -0.143. The fourth-order valence-electron chi connectivity index (χ4n) is 3.59. The van der Waals surface area contributed by atoms with Crippen LogP contribution >= 0.6 is 11.6 Å². The molecule has 4 rings (SSSR count). The maximum absolute atomic E-state index is 13.3. The smallest absolute Gasteiger partial charge is 0.274 e. The van der Waals surface area contributed by atoms with Gasteiger partial charge >= 0.3 is 0 Å². The second-order valence-electron chi connectivity index (χ2n) is 6.89. The molecule has 1 aromatic carbocycles. The topological polar surface area (TPSA) is 62.7 Å². The summed E-state index contributed by atoms with van der Waals surface area (Å²) in [5, 5.41) is 3.47. The van der Waals surface area contributed by atoms with E-state index in [9.17, 15) is 9.59 Å². The van der Waals surface area contributed by atoms with Gasteiger partial charge in [-0.15, -0.1) is 0 Å². The number of methoxy groups -OCH3 is 1. The molecule has 140 valence electrons. The minimum Gasteiger partial charge on any atom is -0.497 e. The number of rotatable bonds is 4. The van der Waals surface area contributed by atoms with E-state index in [1.807, 2.05) is 24.3 Å². The number of hydrogen-bond acceptors (Lipinski definition) is 4. The number of aromatic nitrogens is 1. The average Bonchev–Trinajstić information content (AvgIpc) is 3.37. The molecule has 2 fully saturated rings. The summed E-state index contributed by atoms with van der Waals surface area (Å²) in [5.74, 6) is 0.520. The number of carbonyl (C=O) groups is 2. The summed E-state index contributed by atoms with van der Waals surface area (Å²) in [4.78, 5) is 30.2. The Morgan fingerprint density at radius 2 is 1.78 bits per heavy atom. The van der Waals surface area contributed by atoms with E-state index in [0.717, 1.165) is 30.6 Å². The molecule has 1 aliphatic heterocycles. The SMILES string of the molecule is COc1ccc(C2(C(=O)N3CCCN3C(=O)c3ccc(Cl)nc3)CC2)cc1. The third-order valence-electron chi connectivity index (χ3n) is 5.28. The molecule has 0 unspecified atom stereocenters. The van der Waals surface area contributed by atoms with Crippen LogP contribution in [0, 0.1) is 0 Å². The fourth-order valence-corrected chi connectivity index (χ4v) is 3.71. The second-order valence-corrected chi connectivity index (χ2v) is 7.28. The first-order chi connectivity index (χ1) is 13.0. The van der Waals surface area contributed by atoms with Gasteiger partial charge in [-0.2, -0.15) is 0 Å². The summed E-state index contributed by atoms with van der Waals surface area (Å²) in [5.41, 5.74) is 0.863. The van der Waals surface area contributed by atoms with Crippen LogP contribution in [0.25, 0.3) is 0 Å². The Balaban J connectivity index is 1.57. The highest BCUT2D eigenvalue weighted by atomic mass is 35.5. The summed E-state index contributed by atoms with van der Waals surface area (Å²) in [7, 11) is 1.62. The molecular weight excluding hydrogens is 366 g/mol. The number of nitrogens with zero attached hydrogens (tertiary/aromatic N) is 3. The molecule has 1 aromatic heterocycles. The van der Waals surface area contributed by atoms with Gasteiger partial charge in [0.2, 0.25) is 0 Å². The molecule has 2 aromatic rings. The van der Waals surface area contributed by atoms with Crippen molar-refractivity contribution in [3.8, 4) is 5.75 Å². The van der Waals surface area contributed by atoms with Crippen molar-refractivity contribution in [3.63, 3.8) is 0 Å². The molecule has 0 radical (unpaired) electrons. The zero-order valence-corrected chi connectivity index (χ0v) is 15.8. The van der Waals surface area contributed by atoms with E-state index < -0.39 is 5.41 Å². The number of benzene rings is 1. The Kier molecular flexibility index (Phi) is 4.52. The van der Waals surface area contributed by atoms with Gasteiger partial charge in [-0.1, -0.05) is 23.7 Å². The molecule has 2 aliphatic rings. The van der Waals surface area contributed by atoms with Crippen LogP contribution in [0.5, 0.6) is 5.75 Å². The average molecular weight is 386 g/mol. The van der Waals surface area contributed by atoms with Crippen LogP contribution in [0.3, 0.4) is 0 Å². The normalized spacial score (nSPS) is 17.7. The van der Waals surface area contributed by atoms with Gasteiger partial charge in [0.05, 0.1) is 18.1 Å². The van der Waals surface area contributed by atoms with Crippen LogP contribution in [0.15, 0.2) is 42.6 Å². The van der Waals surface area contributed by atoms with Crippen LogP contribution in [0.4, 0.5) is 0 Å². The molecule has 0 spiro atoms. The highest BCUT2D eigenvalue weighted by Gasteiger charge is 2.55. The highest BCUT2D eigenvalue weighted by Crippen LogP contribution is 2.50. The van der Waals surface area contributed by atoms with Crippen LogP contribution in [0.1, 0.15) is 35.2 Å². The van der Waals surface area contributed by atoms with Gasteiger partial charge in [0, 0.05) is 19.3 Å². The molecule has 1 saturated carbocycles. The lowest BCUT2D eigenvalue weighted by Crippen LogP contribution is -2.49. The van der Waals surface area contributed by atoms with Crippen molar-refractivity contribution >= 4 is 23.4 Å². The highest BCUT2D eigenvalue weighted by molar-refractivity contribution is 6.29. The first-order valence-electron chi connectivity index (χ1n) is 8.95. The van der Waals surface area contributed by atoms with E-state index in [1.165, 1.54) is 11.2 Å². The van der Waals surface area contributed by atoms with Gasteiger partial charge in [0.25, 0.3) is 11.8 Å². The summed E-state index contributed by atoms with van der Waals surface area (Å²) in [6.45, 7) is 1.06. The third kappa shape index (κ3) is 3.14. The van der Waals surface area contributed by atoms with Crippen LogP contribution in [0.2, 0.25) is 5.15 Å². The van der Waals surface area contributed by atoms with Crippen molar-refractivity contribution in [1.82, 2.24) is 15.0 Å². The standard InChI is InChI=1S/C20H20ClN3O3/c1-27-16-6-4-15(5-7-16)20(9-10-20)19(26)24-12-2-11-23(24)18(25)14-3-8-17(21)22-13-14/h3-8,13H,2,9-12H2,1H3. The molecule has 7 heteroatoms. The second kappa shape index (κ2) is 6.85. The van der Waals surface area contributed by atoms with Gasteiger partial charge in [-0.3, -0.25) is 14.6 Å². The van der Waals surface area contributed by atoms with Gasteiger partial charge in [-0.05, 0) is 49.1 Å². The number of ether oxygens (including phenoxy) is 1. The van der Waals surface area contributed by atoms with Crippen molar-refractivity contribution in [2.45, 2.75) is 24.7 Å². The lowest BCUT2D eigenvalue weighted by Gasteiger charge is -2.31. The summed E-state index contributed by atoms with van der Waals surface area (Å²) in [6, 6.07) is 10.8. The van der Waals surface area contributed by atoms with Gasteiger partial charge in [0.15, 0.2) is 0 Å². The molecular formula is C20H20ClN3O3. The number of pyridine rings is 1. The zero-order valence-electron chi connectivity index (χ0n) is 15.0. The first kappa shape index (κ1) is 17.8. The predicted octanol–water partition coefficient (Wildman–Crippen LogP) is 3.06. The van der Waals surface area contributed by atoms with Crippen LogP contribution in [-0.4, -0.2) is 47.0 Å². The number of hydrazine groups is 1. The molecule has 27 heavy (non-hydrogen) atoms. The monoisotopic (exact) mass is 385 g/mol. The third-order valence-corrected chi connectivity index (χ3v) is 5.50. The molecule has 2 heterocycles. The Hall–Kier alpha value is -2.60. The van der Waals surface area contributed by atoms with Crippen molar-refractivity contribution in [2.75, 3.05) is 20.2 Å². The molecule has 2 amide bonds. The van der Waals surface area contributed by atoms with E-state index in [2.05, 4.69) is 4.98 Å². The summed E-state index contributed by atoms with van der Waals surface area (Å²) >= 11 is 5.80. The predicted molar refractivity (Wildman–Crippen MR) is 101 cm³/mol. The molecule has 1 aliphatic carbocycles. The summed E-state index contributed by atoms with van der Waals surface area (Å²) < 4.78 is 5.20. The molecule has 1 saturated heterocycles. The van der Waals surface area contributed by atoms with Crippen LogP contribution < -0.4 is 4.74 Å². The van der Waals surface area contributed by atoms with Crippen molar-refractivity contribution in [3.05, 3.63) is 58.9 Å². The number of carbonyl (C=O) groups excluding carboxylic acids is 2. The maximum atomic E-state index is 13.3. The molecule has 0 bridgehead atoms. The molecule has 0 atom stereocenters. The Morgan fingerprint density at radius 3 is 2.37 bits per heavy atom. The molecule has 0 N–H and O–H groups in total. The van der Waals surface area contributed by atoms with Gasteiger partial charge in [0.1, 0.15) is 10.9 Å². The van der Waals surface area contributed by atoms with E-state index in [4.69, 9.17) is 16.3 Å². The Labute approximate surface area is 162 Å². The lowest BCUT2D eigenvalue weighted by atomic mass is 9.94. The fraction of sp³-hybridized carbons (Fsp3) is 0.350. The number of amides is 2. The van der Waals surface area contributed by atoms with E-state index in [-0.39, 0.29) is 11.8 Å².